The summed E-state index contributed by atoms with van der Waals surface area (Å²) in [7, 11) is 0. The lowest BCUT2D eigenvalue weighted by molar-refractivity contribution is 0.0800. The Labute approximate surface area is 104 Å². The summed E-state index contributed by atoms with van der Waals surface area (Å²) in [5.41, 5.74) is 0. The SMILES string of the molecule is C(CNC1CCOC1C1CC1)CC1CCCO1. The third-order valence-electron chi connectivity index (χ3n) is 4.36. The highest BCUT2D eigenvalue weighted by molar-refractivity contribution is 4.93. The molecule has 3 rings (SSSR count). The highest BCUT2D eigenvalue weighted by Gasteiger charge is 2.40. The van der Waals surface area contributed by atoms with Gasteiger partial charge in [-0.1, -0.05) is 0 Å². The molecule has 0 spiro atoms. The van der Waals surface area contributed by atoms with E-state index in [1.165, 1.54) is 44.9 Å². The van der Waals surface area contributed by atoms with Crippen molar-refractivity contribution in [1.29, 1.82) is 0 Å². The highest BCUT2D eigenvalue weighted by atomic mass is 16.5. The van der Waals surface area contributed by atoms with Crippen molar-refractivity contribution in [2.24, 2.45) is 5.92 Å². The second-order valence-corrected chi connectivity index (χ2v) is 5.80. The van der Waals surface area contributed by atoms with Gasteiger partial charge in [-0.25, -0.2) is 0 Å². The summed E-state index contributed by atoms with van der Waals surface area (Å²) in [6.45, 7) is 3.08. The minimum Gasteiger partial charge on any atom is -0.378 e. The van der Waals surface area contributed by atoms with Crippen molar-refractivity contribution >= 4 is 0 Å². The Morgan fingerprint density at radius 2 is 1.94 bits per heavy atom. The quantitative estimate of drug-likeness (QED) is 0.720. The average molecular weight is 239 g/mol. The standard InChI is InChI=1S/C14H25NO2/c1(3-12-4-2-9-16-12)8-15-13-7-10-17-14(13)11-5-6-11/h11-15H,1-10H2. The molecule has 1 N–H and O–H groups in total. The van der Waals surface area contributed by atoms with E-state index in [1.807, 2.05) is 0 Å². The van der Waals surface area contributed by atoms with Crippen LogP contribution in [0, 0.1) is 5.92 Å². The van der Waals surface area contributed by atoms with Crippen LogP contribution in [0.5, 0.6) is 0 Å². The van der Waals surface area contributed by atoms with Crippen LogP contribution >= 0.6 is 0 Å². The molecule has 0 bridgehead atoms. The fraction of sp³-hybridized carbons (Fsp3) is 1.00. The van der Waals surface area contributed by atoms with Gasteiger partial charge in [0.15, 0.2) is 0 Å². The maximum absolute atomic E-state index is 5.83. The molecule has 1 saturated carbocycles. The van der Waals surface area contributed by atoms with Crippen LogP contribution < -0.4 is 5.32 Å². The van der Waals surface area contributed by atoms with Crippen LogP contribution in [0.2, 0.25) is 0 Å². The Balaban J connectivity index is 1.30. The van der Waals surface area contributed by atoms with E-state index in [2.05, 4.69) is 5.32 Å². The third-order valence-corrected chi connectivity index (χ3v) is 4.36. The number of rotatable bonds is 6. The maximum Gasteiger partial charge on any atom is 0.0756 e. The average Bonchev–Trinajstić information content (AvgIpc) is 2.89. The monoisotopic (exact) mass is 239 g/mol. The van der Waals surface area contributed by atoms with Crippen molar-refractivity contribution in [3.05, 3.63) is 0 Å². The van der Waals surface area contributed by atoms with Crippen LogP contribution in [0.3, 0.4) is 0 Å². The van der Waals surface area contributed by atoms with Gasteiger partial charge in [0.1, 0.15) is 0 Å². The Kier molecular flexibility index (Phi) is 3.99. The van der Waals surface area contributed by atoms with Gasteiger partial charge in [0.25, 0.3) is 0 Å². The largest absolute Gasteiger partial charge is 0.378 e. The molecule has 2 heterocycles. The van der Waals surface area contributed by atoms with Crippen LogP contribution in [-0.2, 0) is 9.47 Å². The number of ether oxygens (including phenoxy) is 2. The summed E-state index contributed by atoms with van der Waals surface area (Å²) < 4.78 is 11.5. The van der Waals surface area contributed by atoms with Gasteiger partial charge < -0.3 is 14.8 Å². The smallest absolute Gasteiger partial charge is 0.0756 e. The number of hydrogen-bond acceptors (Lipinski definition) is 3. The topological polar surface area (TPSA) is 30.5 Å². The van der Waals surface area contributed by atoms with Crippen molar-refractivity contribution in [2.75, 3.05) is 19.8 Å². The van der Waals surface area contributed by atoms with E-state index in [0.29, 0.717) is 18.2 Å². The van der Waals surface area contributed by atoms with Crippen molar-refractivity contribution in [3.8, 4) is 0 Å². The molecule has 0 aromatic rings. The van der Waals surface area contributed by atoms with E-state index >= 15 is 0 Å². The summed E-state index contributed by atoms with van der Waals surface area (Å²) in [6, 6.07) is 0.631. The summed E-state index contributed by atoms with van der Waals surface area (Å²) in [6.07, 6.45) is 10.1. The molecule has 17 heavy (non-hydrogen) atoms. The predicted octanol–water partition coefficient (Wildman–Crippen LogP) is 2.10. The highest BCUT2D eigenvalue weighted by Crippen LogP contribution is 2.38. The molecule has 1 aliphatic carbocycles. The van der Waals surface area contributed by atoms with Gasteiger partial charge in [-0.15, -0.1) is 0 Å². The van der Waals surface area contributed by atoms with E-state index < -0.39 is 0 Å². The Hall–Kier alpha value is -0.120. The normalized spacial score (nSPS) is 37.8. The minimum absolute atomic E-state index is 0.526. The van der Waals surface area contributed by atoms with E-state index in [9.17, 15) is 0 Å². The fourth-order valence-electron chi connectivity index (χ4n) is 3.21. The molecule has 0 aromatic heterocycles. The lowest BCUT2D eigenvalue weighted by Gasteiger charge is -2.19. The van der Waals surface area contributed by atoms with E-state index in [4.69, 9.17) is 9.47 Å². The van der Waals surface area contributed by atoms with Crippen LogP contribution in [0.1, 0.15) is 44.9 Å². The molecule has 0 amide bonds. The lowest BCUT2D eigenvalue weighted by Crippen LogP contribution is -2.38. The van der Waals surface area contributed by atoms with Crippen LogP contribution in [0.25, 0.3) is 0 Å². The van der Waals surface area contributed by atoms with Gasteiger partial charge in [-0.2, -0.15) is 0 Å². The Morgan fingerprint density at radius 1 is 1.00 bits per heavy atom. The molecular formula is C14H25NO2. The maximum atomic E-state index is 5.83. The first-order valence-corrected chi connectivity index (χ1v) is 7.40. The van der Waals surface area contributed by atoms with E-state index in [1.54, 1.807) is 0 Å². The van der Waals surface area contributed by atoms with Crippen molar-refractivity contribution in [3.63, 3.8) is 0 Å². The van der Waals surface area contributed by atoms with E-state index in [0.717, 1.165) is 25.7 Å². The molecule has 3 unspecified atom stereocenters. The van der Waals surface area contributed by atoms with Crippen LogP contribution in [0.4, 0.5) is 0 Å². The molecule has 0 radical (unpaired) electrons. The fourth-order valence-corrected chi connectivity index (χ4v) is 3.21. The van der Waals surface area contributed by atoms with Crippen molar-refractivity contribution < 1.29 is 9.47 Å². The summed E-state index contributed by atoms with van der Waals surface area (Å²) >= 11 is 0. The molecule has 3 atom stereocenters. The molecule has 98 valence electrons. The Morgan fingerprint density at radius 3 is 2.71 bits per heavy atom. The van der Waals surface area contributed by atoms with Crippen molar-refractivity contribution in [2.45, 2.75) is 63.2 Å². The van der Waals surface area contributed by atoms with Crippen LogP contribution in [-0.4, -0.2) is 38.0 Å². The lowest BCUT2D eigenvalue weighted by atomic mass is 10.1. The van der Waals surface area contributed by atoms with Gasteiger partial charge in [-0.05, 0) is 57.4 Å². The minimum atomic E-state index is 0.526. The van der Waals surface area contributed by atoms with Gasteiger partial charge in [0.2, 0.25) is 0 Å². The summed E-state index contributed by atoms with van der Waals surface area (Å²) in [4.78, 5) is 0. The molecule has 3 aliphatic rings. The molecule has 0 aromatic carbocycles. The predicted molar refractivity (Wildman–Crippen MR) is 67.1 cm³/mol. The van der Waals surface area contributed by atoms with Crippen molar-refractivity contribution in [1.82, 2.24) is 5.32 Å². The van der Waals surface area contributed by atoms with Gasteiger partial charge in [-0.3, -0.25) is 0 Å². The zero-order valence-electron chi connectivity index (χ0n) is 10.7. The van der Waals surface area contributed by atoms with Crippen LogP contribution in [0.15, 0.2) is 0 Å². The first-order chi connectivity index (χ1) is 8.43. The first kappa shape index (κ1) is 11.9. The number of hydrogen-bond donors (Lipinski definition) is 1. The molecule has 3 nitrogen and oxygen atoms in total. The van der Waals surface area contributed by atoms with Gasteiger partial charge in [0, 0.05) is 19.3 Å². The first-order valence-electron chi connectivity index (χ1n) is 7.40. The second kappa shape index (κ2) is 5.68. The van der Waals surface area contributed by atoms with E-state index in [-0.39, 0.29) is 0 Å². The molecule has 3 fully saturated rings. The molecular weight excluding hydrogens is 214 g/mol. The second-order valence-electron chi connectivity index (χ2n) is 5.80. The van der Waals surface area contributed by atoms with Gasteiger partial charge >= 0.3 is 0 Å². The molecule has 3 heteroatoms. The molecule has 2 saturated heterocycles. The zero-order valence-corrected chi connectivity index (χ0v) is 10.7. The molecule has 2 aliphatic heterocycles. The summed E-state index contributed by atoms with van der Waals surface area (Å²) in [5.74, 6) is 0.869. The number of nitrogens with one attached hydrogen (secondary N) is 1. The Bertz CT molecular complexity index is 236. The van der Waals surface area contributed by atoms with Gasteiger partial charge in [0.05, 0.1) is 12.2 Å². The summed E-state index contributed by atoms with van der Waals surface area (Å²) in [5, 5.41) is 3.70. The zero-order chi connectivity index (χ0) is 11.5. The third kappa shape index (κ3) is 3.21.